The van der Waals surface area contributed by atoms with Crippen LogP contribution in [0.5, 0.6) is 5.75 Å². The lowest BCUT2D eigenvalue weighted by molar-refractivity contribution is -0.128. The van der Waals surface area contributed by atoms with E-state index in [0.717, 1.165) is 16.5 Å². The highest BCUT2D eigenvalue weighted by molar-refractivity contribution is 7.09. The van der Waals surface area contributed by atoms with Crippen LogP contribution in [-0.2, 0) is 17.9 Å². The minimum absolute atomic E-state index is 0.0193. The number of hydrogen-bond acceptors (Lipinski definition) is 4. The van der Waals surface area contributed by atoms with Gasteiger partial charge in [0.15, 0.2) is 0 Å². The fourth-order valence-electron chi connectivity index (χ4n) is 2.09. The van der Waals surface area contributed by atoms with Crippen molar-refractivity contribution in [2.24, 2.45) is 0 Å². The van der Waals surface area contributed by atoms with Gasteiger partial charge in [-0.3, -0.25) is 4.79 Å². The Labute approximate surface area is 141 Å². The number of benzene rings is 1. The maximum Gasteiger partial charge on any atom is 0.220 e. The second-order valence-corrected chi connectivity index (χ2v) is 6.40. The molecule has 4 nitrogen and oxygen atoms in total. The predicted octanol–water partition coefficient (Wildman–Crippen LogP) is 3.87. The number of nitrogens with zero attached hydrogens (tertiary/aromatic N) is 2. The van der Waals surface area contributed by atoms with E-state index in [1.165, 1.54) is 11.1 Å². The fourth-order valence-corrected chi connectivity index (χ4v) is 2.79. The highest BCUT2D eigenvalue weighted by atomic mass is 32.1. The van der Waals surface area contributed by atoms with Crippen molar-refractivity contribution in [3.63, 3.8) is 0 Å². The SMILES string of the molecule is C=CCN(Cc1csc(COc2ccc(C)c(C)c2)n1)C(C)=O. The van der Waals surface area contributed by atoms with Crippen LogP contribution in [0.1, 0.15) is 28.8 Å². The zero-order chi connectivity index (χ0) is 16.8. The molecule has 0 N–H and O–H groups in total. The fraction of sp³-hybridized carbons (Fsp3) is 0.333. The van der Waals surface area contributed by atoms with Gasteiger partial charge >= 0.3 is 0 Å². The maximum atomic E-state index is 11.5. The van der Waals surface area contributed by atoms with E-state index in [2.05, 4.69) is 31.5 Å². The molecule has 0 unspecified atom stereocenters. The van der Waals surface area contributed by atoms with Crippen LogP contribution in [-0.4, -0.2) is 22.3 Å². The lowest BCUT2D eigenvalue weighted by Gasteiger charge is -2.17. The van der Waals surface area contributed by atoms with Crippen LogP contribution in [0, 0.1) is 13.8 Å². The summed E-state index contributed by atoms with van der Waals surface area (Å²) in [7, 11) is 0. The molecule has 1 amide bonds. The third-order valence-electron chi connectivity index (χ3n) is 3.59. The molecule has 5 heteroatoms. The minimum Gasteiger partial charge on any atom is -0.486 e. The van der Waals surface area contributed by atoms with E-state index < -0.39 is 0 Å². The zero-order valence-corrected chi connectivity index (χ0v) is 14.7. The van der Waals surface area contributed by atoms with Gasteiger partial charge in [0.25, 0.3) is 0 Å². The molecular weight excluding hydrogens is 308 g/mol. The van der Waals surface area contributed by atoms with Crippen LogP contribution in [0.3, 0.4) is 0 Å². The van der Waals surface area contributed by atoms with Crippen LogP contribution < -0.4 is 4.74 Å². The molecule has 0 spiro atoms. The van der Waals surface area contributed by atoms with Crippen LogP contribution in [0.4, 0.5) is 0 Å². The zero-order valence-electron chi connectivity index (χ0n) is 13.8. The maximum absolute atomic E-state index is 11.5. The quantitative estimate of drug-likeness (QED) is 0.724. The van der Waals surface area contributed by atoms with Gasteiger partial charge < -0.3 is 9.64 Å². The Bertz CT molecular complexity index is 694. The summed E-state index contributed by atoms with van der Waals surface area (Å²) in [6, 6.07) is 6.06. The lowest BCUT2D eigenvalue weighted by Crippen LogP contribution is -2.28. The van der Waals surface area contributed by atoms with Gasteiger partial charge in [0.2, 0.25) is 5.91 Å². The summed E-state index contributed by atoms with van der Waals surface area (Å²) in [4.78, 5) is 17.8. The normalized spacial score (nSPS) is 10.4. The standard InChI is InChI=1S/C18H22N2O2S/c1-5-8-20(15(4)21)10-16-12-23-18(19-16)11-22-17-7-6-13(2)14(3)9-17/h5-7,9,12H,1,8,10-11H2,2-4H3. The highest BCUT2D eigenvalue weighted by Crippen LogP contribution is 2.19. The molecule has 0 aliphatic heterocycles. The van der Waals surface area contributed by atoms with E-state index in [-0.39, 0.29) is 5.91 Å². The van der Waals surface area contributed by atoms with Gasteiger partial charge in [-0.25, -0.2) is 4.98 Å². The molecule has 0 fully saturated rings. The number of ether oxygens (including phenoxy) is 1. The van der Waals surface area contributed by atoms with Crippen molar-refractivity contribution in [3.05, 3.63) is 58.1 Å². The van der Waals surface area contributed by atoms with E-state index >= 15 is 0 Å². The average Bonchev–Trinajstić information content (AvgIpc) is 2.95. The average molecular weight is 330 g/mol. The summed E-state index contributed by atoms with van der Waals surface area (Å²) >= 11 is 1.55. The number of carbonyl (C=O) groups excluding carboxylic acids is 1. The van der Waals surface area contributed by atoms with Crippen molar-refractivity contribution < 1.29 is 9.53 Å². The van der Waals surface area contributed by atoms with Gasteiger partial charge in [0.05, 0.1) is 12.2 Å². The number of rotatable bonds is 7. The molecule has 0 bridgehead atoms. The second-order valence-electron chi connectivity index (χ2n) is 5.46. The molecule has 2 aromatic rings. The first-order chi connectivity index (χ1) is 11.0. The molecule has 0 aliphatic rings. The first kappa shape index (κ1) is 17.2. The molecule has 122 valence electrons. The summed E-state index contributed by atoms with van der Waals surface area (Å²) in [6.45, 7) is 10.8. The largest absolute Gasteiger partial charge is 0.486 e. The smallest absolute Gasteiger partial charge is 0.220 e. The summed E-state index contributed by atoms with van der Waals surface area (Å²) in [5.41, 5.74) is 3.34. The van der Waals surface area contributed by atoms with Gasteiger partial charge in [-0.05, 0) is 37.1 Å². The van der Waals surface area contributed by atoms with Crippen LogP contribution in [0.2, 0.25) is 0 Å². The second kappa shape index (κ2) is 7.92. The van der Waals surface area contributed by atoms with Gasteiger partial charge in [0.1, 0.15) is 17.4 Å². The van der Waals surface area contributed by atoms with Crippen LogP contribution in [0.15, 0.2) is 36.2 Å². The monoisotopic (exact) mass is 330 g/mol. The summed E-state index contributed by atoms with van der Waals surface area (Å²) < 4.78 is 5.79. The Morgan fingerprint density at radius 1 is 1.39 bits per heavy atom. The Morgan fingerprint density at radius 2 is 2.17 bits per heavy atom. The number of hydrogen-bond donors (Lipinski definition) is 0. The van der Waals surface area contributed by atoms with E-state index in [9.17, 15) is 4.79 Å². The number of aryl methyl sites for hydroxylation is 2. The molecule has 2 rings (SSSR count). The topological polar surface area (TPSA) is 42.4 Å². The Morgan fingerprint density at radius 3 is 2.83 bits per heavy atom. The molecule has 0 aliphatic carbocycles. The Kier molecular flexibility index (Phi) is 5.93. The molecule has 1 aromatic carbocycles. The van der Waals surface area contributed by atoms with Gasteiger partial charge in [0, 0.05) is 18.8 Å². The number of thiazole rings is 1. The first-order valence-electron chi connectivity index (χ1n) is 7.49. The van der Waals surface area contributed by atoms with Crippen molar-refractivity contribution in [2.45, 2.75) is 33.9 Å². The predicted molar refractivity (Wildman–Crippen MR) is 93.7 cm³/mol. The van der Waals surface area contributed by atoms with Gasteiger partial charge in [-0.1, -0.05) is 12.1 Å². The number of aromatic nitrogens is 1. The molecule has 0 radical (unpaired) electrons. The first-order valence-corrected chi connectivity index (χ1v) is 8.37. The third-order valence-corrected chi connectivity index (χ3v) is 4.46. The molecule has 0 atom stereocenters. The van der Waals surface area contributed by atoms with Crippen LogP contribution >= 0.6 is 11.3 Å². The van der Waals surface area contributed by atoms with Gasteiger partial charge in [-0.15, -0.1) is 17.9 Å². The Balaban J connectivity index is 1.95. The van der Waals surface area contributed by atoms with E-state index in [0.29, 0.717) is 19.7 Å². The summed E-state index contributed by atoms with van der Waals surface area (Å²) in [5, 5.41) is 2.87. The highest BCUT2D eigenvalue weighted by Gasteiger charge is 2.10. The minimum atomic E-state index is 0.0193. The van der Waals surface area contributed by atoms with Crippen molar-refractivity contribution in [1.82, 2.24) is 9.88 Å². The van der Waals surface area contributed by atoms with Crippen molar-refractivity contribution >= 4 is 17.2 Å². The molecule has 1 heterocycles. The van der Waals surface area contributed by atoms with E-state index in [1.54, 1.807) is 29.2 Å². The molecular formula is C18H22N2O2S. The number of amides is 1. The van der Waals surface area contributed by atoms with Crippen molar-refractivity contribution in [3.8, 4) is 5.75 Å². The summed E-state index contributed by atoms with van der Waals surface area (Å²) in [5.74, 6) is 0.868. The lowest BCUT2D eigenvalue weighted by atomic mass is 10.1. The van der Waals surface area contributed by atoms with Gasteiger partial charge in [-0.2, -0.15) is 0 Å². The summed E-state index contributed by atoms with van der Waals surface area (Å²) in [6.07, 6.45) is 1.72. The third kappa shape index (κ3) is 4.93. The van der Waals surface area contributed by atoms with E-state index in [1.807, 2.05) is 17.5 Å². The van der Waals surface area contributed by atoms with E-state index in [4.69, 9.17) is 4.74 Å². The van der Waals surface area contributed by atoms with Crippen LogP contribution in [0.25, 0.3) is 0 Å². The van der Waals surface area contributed by atoms with Crippen molar-refractivity contribution in [1.29, 1.82) is 0 Å². The van der Waals surface area contributed by atoms with Crippen molar-refractivity contribution in [2.75, 3.05) is 6.54 Å². The molecule has 1 aromatic heterocycles. The molecule has 0 saturated carbocycles. The molecule has 23 heavy (non-hydrogen) atoms. The molecule has 0 saturated heterocycles. The number of carbonyl (C=O) groups is 1. The Hall–Kier alpha value is -2.14.